The summed E-state index contributed by atoms with van der Waals surface area (Å²) in [4.78, 5) is 29.7. The lowest BCUT2D eigenvalue weighted by molar-refractivity contribution is -0.137. The van der Waals surface area contributed by atoms with Gasteiger partial charge in [0.15, 0.2) is 0 Å². The molecule has 0 aliphatic carbocycles. The van der Waals surface area contributed by atoms with Crippen LogP contribution in [0.4, 0.5) is 11.4 Å². The highest BCUT2D eigenvalue weighted by Crippen LogP contribution is 2.32. The number of nitrogens with zero attached hydrogens (tertiary/aromatic N) is 2. The third-order valence-corrected chi connectivity index (χ3v) is 5.00. The Morgan fingerprint density at radius 1 is 1.12 bits per heavy atom. The molecule has 6 nitrogen and oxygen atoms in total. The van der Waals surface area contributed by atoms with Gasteiger partial charge in [-0.15, -0.1) is 11.3 Å². The van der Waals surface area contributed by atoms with Crippen LogP contribution in [-0.2, 0) is 14.3 Å². The van der Waals surface area contributed by atoms with Crippen LogP contribution < -0.4 is 10.2 Å². The van der Waals surface area contributed by atoms with Crippen LogP contribution in [0.1, 0.15) is 4.88 Å². The molecule has 7 heteroatoms. The third kappa shape index (κ3) is 3.49. The summed E-state index contributed by atoms with van der Waals surface area (Å²) in [6.45, 7) is 0.536. The first kappa shape index (κ1) is 18.2. The number of hydrogen-bond acceptors (Lipinski definition) is 6. The van der Waals surface area contributed by atoms with Crippen molar-refractivity contribution in [3.05, 3.63) is 52.4 Å². The molecule has 136 valence electrons. The fourth-order valence-electron chi connectivity index (χ4n) is 2.71. The van der Waals surface area contributed by atoms with Crippen molar-refractivity contribution < 1.29 is 14.3 Å². The number of thiophene rings is 1. The van der Waals surface area contributed by atoms with Gasteiger partial charge in [0.25, 0.3) is 11.8 Å². The van der Waals surface area contributed by atoms with Crippen molar-refractivity contribution in [2.45, 2.75) is 0 Å². The average Bonchev–Trinajstić information content (AvgIpc) is 3.22. The molecule has 0 saturated heterocycles. The van der Waals surface area contributed by atoms with Crippen LogP contribution >= 0.6 is 11.3 Å². The number of ether oxygens (including phenoxy) is 1. The summed E-state index contributed by atoms with van der Waals surface area (Å²) in [5.41, 5.74) is 2.54. The van der Waals surface area contributed by atoms with E-state index in [1.165, 1.54) is 16.2 Å². The van der Waals surface area contributed by atoms with Gasteiger partial charge in [0.1, 0.15) is 5.70 Å². The lowest BCUT2D eigenvalue weighted by Crippen LogP contribution is -2.35. The number of imide groups is 1. The fourth-order valence-corrected chi connectivity index (χ4v) is 3.48. The molecule has 1 aliphatic heterocycles. The van der Waals surface area contributed by atoms with Crippen LogP contribution in [0.2, 0.25) is 0 Å². The monoisotopic (exact) mass is 371 g/mol. The molecule has 0 saturated carbocycles. The zero-order chi connectivity index (χ0) is 18.7. The molecule has 0 atom stereocenters. The minimum atomic E-state index is -0.327. The smallest absolute Gasteiger partial charge is 0.278 e. The number of nitrogens with one attached hydrogen (secondary N) is 1. The van der Waals surface area contributed by atoms with Crippen LogP contribution in [0, 0.1) is 0 Å². The molecule has 1 aromatic heterocycles. The van der Waals surface area contributed by atoms with E-state index in [9.17, 15) is 9.59 Å². The van der Waals surface area contributed by atoms with E-state index in [4.69, 9.17) is 4.74 Å². The van der Waals surface area contributed by atoms with Crippen LogP contribution in [0.3, 0.4) is 0 Å². The first-order valence-corrected chi connectivity index (χ1v) is 9.08. The predicted octanol–water partition coefficient (Wildman–Crippen LogP) is 2.65. The number of carbonyl (C=O) groups excluding carboxylic acids is 2. The Morgan fingerprint density at radius 3 is 2.42 bits per heavy atom. The molecule has 3 rings (SSSR count). The summed E-state index contributed by atoms with van der Waals surface area (Å²) in [6, 6.07) is 11.4. The van der Waals surface area contributed by atoms with E-state index < -0.39 is 0 Å². The van der Waals surface area contributed by atoms with Gasteiger partial charge in [-0.1, -0.05) is 6.07 Å². The van der Waals surface area contributed by atoms with E-state index in [1.54, 1.807) is 7.11 Å². The van der Waals surface area contributed by atoms with E-state index in [-0.39, 0.29) is 18.4 Å². The molecule has 1 aromatic carbocycles. The number of amides is 2. The molecular formula is C19H21N3O3S. The third-order valence-electron chi connectivity index (χ3n) is 4.11. The summed E-state index contributed by atoms with van der Waals surface area (Å²) in [5, 5.41) is 5.04. The van der Waals surface area contributed by atoms with Crippen molar-refractivity contribution in [3.8, 4) is 0 Å². The maximum absolute atomic E-state index is 12.8. The van der Waals surface area contributed by atoms with E-state index in [2.05, 4.69) is 5.32 Å². The fraction of sp³-hybridized carbons (Fsp3) is 0.263. The number of hydrogen-bond donors (Lipinski definition) is 1. The van der Waals surface area contributed by atoms with Gasteiger partial charge in [0, 0.05) is 37.5 Å². The lowest BCUT2D eigenvalue weighted by atomic mass is 10.2. The molecule has 2 amide bonds. The van der Waals surface area contributed by atoms with Gasteiger partial charge < -0.3 is 15.0 Å². The minimum Gasteiger partial charge on any atom is -0.383 e. The number of carbonyl (C=O) groups is 2. The van der Waals surface area contributed by atoms with E-state index in [1.807, 2.05) is 60.8 Å². The Balaban J connectivity index is 1.94. The summed E-state index contributed by atoms with van der Waals surface area (Å²) >= 11 is 1.44. The molecule has 2 heterocycles. The zero-order valence-corrected chi connectivity index (χ0v) is 15.8. The summed E-state index contributed by atoms with van der Waals surface area (Å²) in [7, 11) is 5.48. The standard InChI is InChI=1S/C19H21N3O3S/c1-21(2)14-8-6-13(7-9-14)20-17-16(15-5-4-12-26-15)18(23)22(19(17)24)10-11-25-3/h4-9,12,20H,10-11H2,1-3H3. The molecule has 0 unspecified atom stereocenters. The van der Waals surface area contributed by atoms with Crippen molar-refractivity contribution >= 4 is 40.1 Å². The topological polar surface area (TPSA) is 61.9 Å². The Morgan fingerprint density at radius 2 is 1.85 bits per heavy atom. The van der Waals surface area contributed by atoms with E-state index in [0.717, 1.165) is 16.3 Å². The van der Waals surface area contributed by atoms with Crippen molar-refractivity contribution in [2.24, 2.45) is 0 Å². The first-order chi connectivity index (χ1) is 12.5. The quantitative estimate of drug-likeness (QED) is 0.758. The summed E-state index contributed by atoms with van der Waals surface area (Å²) in [5.74, 6) is -0.617. The van der Waals surface area contributed by atoms with Crippen LogP contribution in [0.15, 0.2) is 47.5 Å². The largest absolute Gasteiger partial charge is 0.383 e. The van der Waals surface area contributed by atoms with Crippen molar-refractivity contribution in [1.29, 1.82) is 0 Å². The average molecular weight is 371 g/mol. The van der Waals surface area contributed by atoms with Gasteiger partial charge in [0.2, 0.25) is 0 Å². The minimum absolute atomic E-state index is 0.230. The molecule has 0 radical (unpaired) electrons. The Bertz CT molecular complexity index is 826. The molecule has 1 N–H and O–H groups in total. The zero-order valence-electron chi connectivity index (χ0n) is 15.0. The number of methoxy groups -OCH3 is 1. The Labute approximate surface area is 156 Å². The molecule has 2 aromatic rings. The second-order valence-corrected chi connectivity index (χ2v) is 7.00. The van der Waals surface area contributed by atoms with Gasteiger partial charge in [-0.2, -0.15) is 0 Å². The maximum Gasteiger partial charge on any atom is 0.278 e. The normalized spacial score (nSPS) is 14.3. The second kappa shape index (κ2) is 7.72. The van der Waals surface area contributed by atoms with E-state index >= 15 is 0 Å². The molecule has 0 bridgehead atoms. The molecular weight excluding hydrogens is 350 g/mol. The molecule has 26 heavy (non-hydrogen) atoms. The SMILES string of the molecule is COCCN1C(=O)C(Nc2ccc(N(C)C)cc2)=C(c2cccs2)C1=O. The molecule has 0 fully saturated rings. The van der Waals surface area contributed by atoms with Gasteiger partial charge in [-0.25, -0.2) is 0 Å². The van der Waals surface area contributed by atoms with Crippen molar-refractivity contribution in [1.82, 2.24) is 4.90 Å². The molecule has 1 aliphatic rings. The van der Waals surface area contributed by atoms with Crippen molar-refractivity contribution in [3.63, 3.8) is 0 Å². The first-order valence-electron chi connectivity index (χ1n) is 8.20. The number of benzene rings is 1. The maximum atomic E-state index is 12.8. The predicted molar refractivity (Wildman–Crippen MR) is 104 cm³/mol. The van der Waals surface area contributed by atoms with E-state index in [0.29, 0.717) is 17.9 Å². The summed E-state index contributed by atoms with van der Waals surface area (Å²) in [6.07, 6.45) is 0. The summed E-state index contributed by atoms with van der Waals surface area (Å²) < 4.78 is 5.03. The lowest BCUT2D eigenvalue weighted by Gasteiger charge is -2.15. The van der Waals surface area contributed by atoms with Crippen LogP contribution in [0.25, 0.3) is 5.57 Å². The molecule has 0 spiro atoms. The van der Waals surface area contributed by atoms with Crippen LogP contribution in [-0.4, -0.2) is 51.1 Å². The van der Waals surface area contributed by atoms with Crippen molar-refractivity contribution in [2.75, 3.05) is 44.6 Å². The van der Waals surface area contributed by atoms with Crippen LogP contribution in [0.5, 0.6) is 0 Å². The Kier molecular flexibility index (Phi) is 5.39. The van der Waals surface area contributed by atoms with Gasteiger partial charge >= 0.3 is 0 Å². The van der Waals surface area contributed by atoms with Gasteiger partial charge in [-0.3, -0.25) is 14.5 Å². The number of anilines is 2. The highest BCUT2D eigenvalue weighted by Gasteiger charge is 2.39. The van der Waals surface area contributed by atoms with Gasteiger partial charge in [0.05, 0.1) is 18.7 Å². The Hall–Kier alpha value is -2.64. The highest BCUT2D eigenvalue weighted by molar-refractivity contribution is 7.11. The van der Waals surface area contributed by atoms with Gasteiger partial charge in [-0.05, 0) is 35.7 Å². The number of rotatable bonds is 7. The second-order valence-electron chi connectivity index (χ2n) is 6.05. The highest BCUT2D eigenvalue weighted by atomic mass is 32.1.